The smallest absolute Gasteiger partial charge is 0.319 e. The fourth-order valence-electron chi connectivity index (χ4n) is 1.11. The molecule has 0 heterocycles. The van der Waals surface area contributed by atoms with E-state index in [0.717, 1.165) is 6.07 Å². The predicted molar refractivity (Wildman–Crippen MR) is 57.1 cm³/mol. The largest absolute Gasteiger partial charge is 0.495 e. The van der Waals surface area contributed by atoms with Crippen LogP contribution in [0.15, 0.2) is 18.2 Å². The summed E-state index contributed by atoms with van der Waals surface area (Å²) < 4.78 is 17.9. The summed E-state index contributed by atoms with van der Waals surface area (Å²) in [6, 6.07) is 3.27. The van der Waals surface area contributed by atoms with Gasteiger partial charge in [0.15, 0.2) is 0 Å². The normalized spacial score (nSPS) is 9.69. The third kappa shape index (κ3) is 3.39. The van der Waals surface area contributed by atoms with Crippen molar-refractivity contribution >= 4 is 11.7 Å². The molecule has 0 saturated carbocycles. The van der Waals surface area contributed by atoms with Crippen LogP contribution in [0.5, 0.6) is 5.75 Å². The van der Waals surface area contributed by atoms with Gasteiger partial charge in [-0.15, -0.1) is 0 Å². The minimum Gasteiger partial charge on any atom is -0.495 e. The molecule has 0 aromatic heterocycles. The number of rotatable bonds is 4. The van der Waals surface area contributed by atoms with E-state index >= 15 is 0 Å². The lowest BCUT2D eigenvalue weighted by Crippen LogP contribution is -2.31. The third-order valence-corrected chi connectivity index (χ3v) is 1.81. The molecule has 3 N–H and O–H groups in total. The first-order valence-electron chi connectivity index (χ1n) is 4.66. The first-order chi connectivity index (χ1) is 7.67. The molecule has 5 nitrogen and oxygen atoms in total. The summed E-state index contributed by atoms with van der Waals surface area (Å²) in [4.78, 5) is 11.2. The fraction of sp³-hybridized carbons (Fsp3) is 0.300. The molecule has 1 aromatic carbocycles. The maximum absolute atomic E-state index is 12.9. The van der Waals surface area contributed by atoms with E-state index in [1.165, 1.54) is 19.2 Å². The second-order valence-electron chi connectivity index (χ2n) is 2.95. The van der Waals surface area contributed by atoms with Gasteiger partial charge < -0.3 is 20.5 Å². The Balaban J connectivity index is 2.71. The Kier molecular flexibility index (Phi) is 4.53. The van der Waals surface area contributed by atoms with Crippen LogP contribution in [0.25, 0.3) is 0 Å². The Morgan fingerprint density at radius 1 is 1.56 bits per heavy atom. The molecule has 1 rings (SSSR count). The molecule has 0 atom stereocenters. The van der Waals surface area contributed by atoms with Gasteiger partial charge in [0.25, 0.3) is 0 Å². The highest BCUT2D eigenvalue weighted by Gasteiger charge is 2.07. The summed E-state index contributed by atoms with van der Waals surface area (Å²) in [6.07, 6.45) is 0. The Labute approximate surface area is 92.2 Å². The first kappa shape index (κ1) is 12.3. The summed E-state index contributed by atoms with van der Waals surface area (Å²) in [5, 5.41) is 13.3. The Morgan fingerprint density at radius 3 is 2.94 bits per heavy atom. The number of aliphatic hydroxyl groups excluding tert-OH is 1. The van der Waals surface area contributed by atoms with Crippen LogP contribution in [-0.2, 0) is 0 Å². The van der Waals surface area contributed by atoms with Crippen molar-refractivity contribution in [3.8, 4) is 5.75 Å². The van der Waals surface area contributed by atoms with Crippen LogP contribution >= 0.6 is 0 Å². The molecule has 0 saturated heterocycles. The van der Waals surface area contributed by atoms with Crippen molar-refractivity contribution in [3.05, 3.63) is 24.0 Å². The van der Waals surface area contributed by atoms with Crippen molar-refractivity contribution in [2.24, 2.45) is 0 Å². The Hall–Kier alpha value is -1.82. The van der Waals surface area contributed by atoms with Crippen LogP contribution in [0.2, 0.25) is 0 Å². The summed E-state index contributed by atoms with van der Waals surface area (Å²) in [5.41, 5.74) is 0.234. The highest BCUT2D eigenvalue weighted by atomic mass is 19.1. The van der Waals surface area contributed by atoms with Gasteiger partial charge >= 0.3 is 6.03 Å². The number of carbonyl (C=O) groups is 1. The van der Waals surface area contributed by atoms with Gasteiger partial charge in [-0.2, -0.15) is 0 Å². The van der Waals surface area contributed by atoms with E-state index in [-0.39, 0.29) is 18.8 Å². The van der Waals surface area contributed by atoms with Crippen LogP contribution in [0.4, 0.5) is 14.9 Å². The number of halogens is 1. The lowest BCUT2D eigenvalue weighted by molar-refractivity contribution is 0.244. The number of benzene rings is 1. The SMILES string of the molecule is COc1ccc(F)cc1NC(=O)NCCO. The quantitative estimate of drug-likeness (QED) is 0.718. The van der Waals surface area contributed by atoms with Crippen LogP contribution < -0.4 is 15.4 Å². The zero-order valence-electron chi connectivity index (χ0n) is 8.79. The van der Waals surface area contributed by atoms with Gasteiger partial charge in [-0.1, -0.05) is 0 Å². The molecule has 0 aliphatic carbocycles. The van der Waals surface area contributed by atoms with Crippen molar-refractivity contribution in [1.82, 2.24) is 5.32 Å². The third-order valence-electron chi connectivity index (χ3n) is 1.81. The summed E-state index contributed by atoms with van der Waals surface area (Å²) >= 11 is 0. The number of carbonyl (C=O) groups excluding carboxylic acids is 1. The average molecular weight is 228 g/mol. The monoisotopic (exact) mass is 228 g/mol. The number of urea groups is 1. The molecule has 0 spiro atoms. The number of aliphatic hydroxyl groups is 1. The number of ether oxygens (including phenoxy) is 1. The molecule has 16 heavy (non-hydrogen) atoms. The lowest BCUT2D eigenvalue weighted by Gasteiger charge is -2.10. The number of amides is 2. The number of hydrogen-bond acceptors (Lipinski definition) is 3. The molecule has 2 amide bonds. The molecule has 1 aromatic rings. The summed E-state index contributed by atoms with van der Waals surface area (Å²) in [5.74, 6) is -0.112. The van der Waals surface area contributed by atoms with Gasteiger partial charge in [-0.25, -0.2) is 9.18 Å². The number of anilines is 1. The molecule has 0 fully saturated rings. The van der Waals surface area contributed by atoms with Gasteiger partial charge in [0.2, 0.25) is 0 Å². The van der Waals surface area contributed by atoms with E-state index in [1.54, 1.807) is 0 Å². The van der Waals surface area contributed by atoms with Crippen molar-refractivity contribution < 1.29 is 19.0 Å². The minimum absolute atomic E-state index is 0.128. The predicted octanol–water partition coefficient (Wildman–Crippen LogP) is 0.948. The lowest BCUT2D eigenvalue weighted by atomic mass is 10.3. The molecule has 6 heteroatoms. The maximum Gasteiger partial charge on any atom is 0.319 e. The average Bonchev–Trinajstić information content (AvgIpc) is 2.27. The molecular weight excluding hydrogens is 215 g/mol. The van der Waals surface area contributed by atoms with Gasteiger partial charge in [-0.05, 0) is 12.1 Å². The fourth-order valence-corrected chi connectivity index (χ4v) is 1.11. The van der Waals surface area contributed by atoms with Crippen molar-refractivity contribution in [2.75, 3.05) is 25.6 Å². The van der Waals surface area contributed by atoms with E-state index in [2.05, 4.69) is 10.6 Å². The first-order valence-corrected chi connectivity index (χ1v) is 4.66. The molecule has 0 radical (unpaired) electrons. The molecule has 88 valence electrons. The standard InChI is InChI=1S/C10H13FN2O3/c1-16-9-3-2-7(11)6-8(9)13-10(15)12-4-5-14/h2-3,6,14H,4-5H2,1H3,(H2,12,13,15). The molecule has 0 aliphatic heterocycles. The number of nitrogens with one attached hydrogen (secondary N) is 2. The molecule has 0 bridgehead atoms. The minimum atomic E-state index is -0.530. The number of hydrogen-bond donors (Lipinski definition) is 3. The highest BCUT2D eigenvalue weighted by molar-refractivity contribution is 5.90. The van der Waals surface area contributed by atoms with Gasteiger partial charge in [0.1, 0.15) is 11.6 Å². The highest BCUT2D eigenvalue weighted by Crippen LogP contribution is 2.24. The van der Waals surface area contributed by atoms with Gasteiger partial charge in [0, 0.05) is 12.6 Å². The Morgan fingerprint density at radius 2 is 2.31 bits per heavy atom. The van der Waals surface area contributed by atoms with Crippen LogP contribution in [0, 0.1) is 5.82 Å². The van der Waals surface area contributed by atoms with Crippen LogP contribution in [0.1, 0.15) is 0 Å². The van der Waals surface area contributed by atoms with Crippen LogP contribution in [0.3, 0.4) is 0 Å². The van der Waals surface area contributed by atoms with E-state index in [4.69, 9.17) is 9.84 Å². The van der Waals surface area contributed by atoms with E-state index < -0.39 is 11.8 Å². The second kappa shape index (κ2) is 5.92. The molecule has 0 unspecified atom stereocenters. The number of methoxy groups -OCH3 is 1. The summed E-state index contributed by atoms with van der Waals surface area (Å²) in [7, 11) is 1.42. The second-order valence-corrected chi connectivity index (χ2v) is 2.95. The van der Waals surface area contributed by atoms with E-state index in [9.17, 15) is 9.18 Å². The van der Waals surface area contributed by atoms with Gasteiger partial charge in [0.05, 0.1) is 19.4 Å². The summed E-state index contributed by atoms with van der Waals surface area (Å²) in [6.45, 7) is -0.0306. The molecular formula is C10H13FN2O3. The molecule has 0 aliphatic rings. The van der Waals surface area contributed by atoms with Gasteiger partial charge in [-0.3, -0.25) is 0 Å². The Bertz CT molecular complexity index is 371. The zero-order valence-corrected chi connectivity index (χ0v) is 8.79. The van der Waals surface area contributed by atoms with Crippen molar-refractivity contribution in [2.45, 2.75) is 0 Å². The topological polar surface area (TPSA) is 70.6 Å². The van der Waals surface area contributed by atoms with E-state index in [0.29, 0.717) is 5.75 Å². The van der Waals surface area contributed by atoms with Crippen LogP contribution in [-0.4, -0.2) is 31.4 Å². The maximum atomic E-state index is 12.9. The van der Waals surface area contributed by atoms with Crippen molar-refractivity contribution in [3.63, 3.8) is 0 Å². The zero-order chi connectivity index (χ0) is 12.0. The van der Waals surface area contributed by atoms with E-state index in [1.807, 2.05) is 0 Å². The van der Waals surface area contributed by atoms with Crippen molar-refractivity contribution in [1.29, 1.82) is 0 Å².